The summed E-state index contributed by atoms with van der Waals surface area (Å²) in [5, 5.41) is 13.0. The van der Waals surface area contributed by atoms with Crippen molar-refractivity contribution in [3.63, 3.8) is 0 Å². The molecule has 3 heterocycles. The number of ether oxygens (including phenoxy) is 1. The van der Waals surface area contributed by atoms with E-state index >= 15 is 0 Å². The second kappa shape index (κ2) is 8.14. The summed E-state index contributed by atoms with van der Waals surface area (Å²) >= 11 is 1.49. The van der Waals surface area contributed by atoms with Gasteiger partial charge in [-0.1, -0.05) is 35.6 Å². The summed E-state index contributed by atoms with van der Waals surface area (Å²) in [6, 6.07) is 8.46. The van der Waals surface area contributed by atoms with Gasteiger partial charge in [-0.3, -0.25) is 5.32 Å². The molecular formula is C19H24N4O2S. The third kappa shape index (κ3) is 4.04. The maximum Gasteiger partial charge on any atom is 0.323 e. The molecule has 2 aliphatic heterocycles. The van der Waals surface area contributed by atoms with Crippen LogP contribution < -0.4 is 5.32 Å². The van der Waals surface area contributed by atoms with E-state index < -0.39 is 0 Å². The van der Waals surface area contributed by atoms with Gasteiger partial charge in [0.2, 0.25) is 5.13 Å². The Labute approximate surface area is 157 Å². The van der Waals surface area contributed by atoms with Crippen LogP contribution in [0.25, 0.3) is 0 Å². The van der Waals surface area contributed by atoms with E-state index in [0.29, 0.717) is 11.0 Å². The van der Waals surface area contributed by atoms with E-state index in [4.69, 9.17) is 4.74 Å². The molecule has 1 fully saturated rings. The SMILES string of the molecule is O=C(Nc1nnc(C2CCOCC2)s1)N1CCCc2ccccc2CC1. The zero-order chi connectivity index (χ0) is 17.8. The average molecular weight is 372 g/mol. The second-order valence-electron chi connectivity index (χ2n) is 6.87. The molecular weight excluding hydrogens is 348 g/mol. The Kier molecular flexibility index (Phi) is 5.45. The summed E-state index contributed by atoms with van der Waals surface area (Å²) in [6.07, 6.45) is 4.86. The predicted molar refractivity (Wildman–Crippen MR) is 102 cm³/mol. The number of nitrogens with one attached hydrogen (secondary N) is 1. The Balaban J connectivity index is 1.36. The smallest absolute Gasteiger partial charge is 0.323 e. The molecule has 138 valence electrons. The van der Waals surface area contributed by atoms with Crippen molar-refractivity contribution in [2.24, 2.45) is 0 Å². The maximum atomic E-state index is 12.7. The fourth-order valence-electron chi connectivity index (χ4n) is 3.64. The van der Waals surface area contributed by atoms with Gasteiger partial charge in [-0.25, -0.2) is 4.79 Å². The number of amides is 2. The normalized spacial score (nSPS) is 18.7. The standard InChI is InChI=1S/C19H24N4O2S/c24-19(20-18-22-21-17(26-18)16-8-12-25-13-9-16)23-10-3-6-14-4-1-2-5-15(14)7-11-23/h1-2,4-5,16H,3,6-13H2,(H,20,22,24). The Morgan fingerprint density at radius 2 is 1.88 bits per heavy atom. The minimum atomic E-state index is -0.0703. The van der Waals surface area contributed by atoms with Crippen LogP contribution in [0.2, 0.25) is 0 Å². The summed E-state index contributed by atoms with van der Waals surface area (Å²) in [5.41, 5.74) is 2.76. The van der Waals surface area contributed by atoms with Gasteiger partial charge in [0.05, 0.1) is 0 Å². The van der Waals surface area contributed by atoms with Crippen LogP contribution >= 0.6 is 11.3 Å². The van der Waals surface area contributed by atoms with Crippen LogP contribution in [0.3, 0.4) is 0 Å². The van der Waals surface area contributed by atoms with E-state index in [2.05, 4.69) is 39.8 Å². The summed E-state index contributed by atoms with van der Waals surface area (Å²) in [4.78, 5) is 14.6. The molecule has 1 N–H and O–H groups in total. The van der Waals surface area contributed by atoms with Gasteiger partial charge in [0.15, 0.2) is 0 Å². The predicted octanol–water partition coefficient (Wildman–Crippen LogP) is 3.45. The van der Waals surface area contributed by atoms with Gasteiger partial charge in [0, 0.05) is 32.2 Å². The van der Waals surface area contributed by atoms with E-state index in [1.807, 2.05) is 4.90 Å². The molecule has 1 saturated heterocycles. The number of anilines is 1. The highest BCUT2D eigenvalue weighted by atomic mass is 32.1. The van der Waals surface area contributed by atoms with Crippen molar-refractivity contribution in [3.8, 4) is 0 Å². The molecule has 1 aromatic heterocycles. The van der Waals surface area contributed by atoms with Crippen molar-refractivity contribution in [1.82, 2.24) is 15.1 Å². The summed E-state index contributed by atoms with van der Waals surface area (Å²) in [6.45, 7) is 3.06. The molecule has 2 amide bonds. The molecule has 0 bridgehead atoms. The lowest BCUT2D eigenvalue weighted by Crippen LogP contribution is -2.38. The van der Waals surface area contributed by atoms with E-state index in [-0.39, 0.29) is 6.03 Å². The highest BCUT2D eigenvalue weighted by Crippen LogP contribution is 2.30. The van der Waals surface area contributed by atoms with Crippen molar-refractivity contribution in [3.05, 3.63) is 40.4 Å². The summed E-state index contributed by atoms with van der Waals surface area (Å²) < 4.78 is 5.40. The Bertz CT molecular complexity index is 758. The van der Waals surface area contributed by atoms with Gasteiger partial charge in [-0.2, -0.15) is 0 Å². The number of hydrogen-bond donors (Lipinski definition) is 1. The number of carbonyl (C=O) groups excluding carboxylic acids is 1. The number of hydrogen-bond acceptors (Lipinski definition) is 5. The first-order valence-electron chi connectivity index (χ1n) is 9.33. The van der Waals surface area contributed by atoms with E-state index in [1.165, 1.54) is 22.5 Å². The van der Waals surface area contributed by atoms with Crippen LogP contribution in [0.5, 0.6) is 0 Å². The van der Waals surface area contributed by atoms with Crippen LogP contribution in [0.4, 0.5) is 9.93 Å². The lowest BCUT2D eigenvalue weighted by Gasteiger charge is -2.25. The molecule has 0 unspecified atom stereocenters. The first-order valence-corrected chi connectivity index (χ1v) is 10.1. The molecule has 7 heteroatoms. The van der Waals surface area contributed by atoms with Gasteiger partial charge in [0.25, 0.3) is 0 Å². The second-order valence-corrected chi connectivity index (χ2v) is 7.88. The zero-order valence-corrected chi connectivity index (χ0v) is 15.6. The quantitative estimate of drug-likeness (QED) is 0.877. The molecule has 2 aromatic rings. The van der Waals surface area contributed by atoms with E-state index in [0.717, 1.165) is 63.4 Å². The minimum Gasteiger partial charge on any atom is -0.381 e. The monoisotopic (exact) mass is 372 g/mol. The first kappa shape index (κ1) is 17.4. The molecule has 2 aliphatic rings. The highest BCUT2D eigenvalue weighted by molar-refractivity contribution is 7.15. The van der Waals surface area contributed by atoms with Crippen LogP contribution in [-0.2, 0) is 17.6 Å². The van der Waals surface area contributed by atoms with Crippen molar-refractivity contribution in [1.29, 1.82) is 0 Å². The molecule has 0 atom stereocenters. The largest absolute Gasteiger partial charge is 0.381 e. The Morgan fingerprint density at radius 1 is 1.12 bits per heavy atom. The number of rotatable bonds is 2. The van der Waals surface area contributed by atoms with Crippen LogP contribution in [0.1, 0.15) is 41.3 Å². The lowest BCUT2D eigenvalue weighted by molar-refractivity contribution is 0.0851. The summed E-state index contributed by atoms with van der Waals surface area (Å²) in [7, 11) is 0. The molecule has 0 saturated carbocycles. The Hall–Kier alpha value is -1.99. The van der Waals surface area contributed by atoms with Crippen LogP contribution in [0, 0.1) is 0 Å². The molecule has 4 rings (SSSR count). The first-order chi connectivity index (χ1) is 12.8. The van der Waals surface area contributed by atoms with Crippen molar-refractivity contribution >= 4 is 22.5 Å². The van der Waals surface area contributed by atoms with E-state index in [9.17, 15) is 4.79 Å². The van der Waals surface area contributed by atoms with E-state index in [1.54, 1.807) is 0 Å². The van der Waals surface area contributed by atoms with Gasteiger partial charge in [-0.05, 0) is 43.2 Å². The molecule has 6 nitrogen and oxygen atoms in total. The number of urea groups is 1. The Morgan fingerprint density at radius 3 is 2.69 bits per heavy atom. The fourth-order valence-corrected chi connectivity index (χ4v) is 4.54. The van der Waals surface area contributed by atoms with Crippen LogP contribution in [-0.4, -0.2) is 47.4 Å². The fraction of sp³-hybridized carbons (Fsp3) is 0.526. The topological polar surface area (TPSA) is 67.3 Å². The third-order valence-corrected chi connectivity index (χ3v) is 6.16. The molecule has 26 heavy (non-hydrogen) atoms. The average Bonchev–Trinajstić information content (AvgIpc) is 3.11. The van der Waals surface area contributed by atoms with Crippen molar-refractivity contribution < 1.29 is 9.53 Å². The molecule has 0 radical (unpaired) electrons. The maximum absolute atomic E-state index is 12.7. The molecule has 1 aromatic carbocycles. The number of nitrogens with zero attached hydrogens (tertiary/aromatic N) is 3. The van der Waals surface area contributed by atoms with Crippen molar-refractivity contribution in [2.75, 3.05) is 31.6 Å². The van der Waals surface area contributed by atoms with Crippen LogP contribution in [0.15, 0.2) is 24.3 Å². The van der Waals surface area contributed by atoms with Gasteiger partial charge < -0.3 is 9.64 Å². The number of aromatic nitrogens is 2. The number of fused-ring (bicyclic) bond motifs is 1. The molecule has 0 spiro atoms. The third-order valence-electron chi connectivity index (χ3n) is 5.16. The van der Waals surface area contributed by atoms with Gasteiger partial charge in [0.1, 0.15) is 5.01 Å². The minimum absolute atomic E-state index is 0.0703. The zero-order valence-electron chi connectivity index (χ0n) is 14.8. The molecule has 0 aliphatic carbocycles. The number of benzene rings is 1. The van der Waals surface area contributed by atoms with Gasteiger partial charge >= 0.3 is 6.03 Å². The summed E-state index contributed by atoms with van der Waals surface area (Å²) in [5.74, 6) is 0.408. The van der Waals surface area contributed by atoms with Gasteiger partial charge in [-0.15, -0.1) is 10.2 Å². The van der Waals surface area contributed by atoms with Crippen molar-refractivity contribution in [2.45, 2.75) is 38.0 Å². The lowest BCUT2D eigenvalue weighted by atomic mass is 9.98. The number of aryl methyl sites for hydroxylation is 1. The highest BCUT2D eigenvalue weighted by Gasteiger charge is 2.22. The number of carbonyl (C=O) groups is 1.